The molecule has 6 nitrogen and oxygen atoms in total. The lowest BCUT2D eigenvalue weighted by Gasteiger charge is -2.14. The van der Waals surface area contributed by atoms with E-state index in [1.165, 1.54) is 7.11 Å². The second kappa shape index (κ2) is 6.75. The molecule has 1 saturated carbocycles. The number of ether oxygens (including phenoxy) is 3. The highest BCUT2D eigenvalue weighted by Crippen LogP contribution is 2.58. The number of carbonyl (C=O) groups excluding carboxylic acids is 1. The number of carboxylic acids is 1. The van der Waals surface area contributed by atoms with Crippen LogP contribution in [0.15, 0.2) is 24.0 Å². The number of hydrogen-bond acceptors (Lipinski definition) is 5. The summed E-state index contributed by atoms with van der Waals surface area (Å²) in [4.78, 5) is 22.4. The molecule has 0 heterocycles. The van der Waals surface area contributed by atoms with Crippen molar-refractivity contribution in [1.29, 1.82) is 0 Å². The fourth-order valence-electron chi connectivity index (χ4n) is 2.92. The van der Waals surface area contributed by atoms with E-state index in [-0.39, 0.29) is 18.1 Å². The third kappa shape index (κ3) is 3.32. The molecule has 1 aromatic rings. The Labute approximate surface area is 134 Å². The van der Waals surface area contributed by atoms with Crippen LogP contribution in [0.25, 0.3) is 0 Å². The molecule has 1 aromatic carbocycles. The maximum atomic E-state index is 11.7. The van der Waals surface area contributed by atoms with E-state index in [9.17, 15) is 14.7 Å². The van der Waals surface area contributed by atoms with Crippen LogP contribution in [-0.2, 0) is 20.7 Å². The van der Waals surface area contributed by atoms with Crippen molar-refractivity contribution in [3.8, 4) is 11.5 Å². The van der Waals surface area contributed by atoms with Crippen molar-refractivity contribution in [3.05, 3.63) is 29.5 Å². The Kier molecular flexibility index (Phi) is 4.96. The lowest BCUT2D eigenvalue weighted by Crippen LogP contribution is -2.20. The lowest BCUT2D eigenvalue weighted by molar-refractivity contribution is -0.144. The molecule has 0 bridgehead atoms. The van der Waals surface area contributed by atoms with Crippen LogP contribution < -0.4 is 9.47 Å². The molecule has 0 radical (unpaired) electrons. The summed E-state index contributed by atoms with van der Waals surface area (Å²) in [6.45, 7) is 0. The first-order chi connectivity index (χ1) is 11.0. The molecule has 1 aliphatic rings. The minimum absolute atomic E-state index is 0.0385. The topological polar surface area (TPSA) is 82.1 Å². The highest BCUT2D eigenvalue weighted by molar-refractivity contribution is 5.79. The average molecular weight is 320 g/mol. The van der Waals surface area contributed by atoms with Crippen LogP contribution >= 0.6 is 0 Å². The number of methoxy groups -OCH3 is 3. The van der Waals surface area contributed by atoms with E-state index < -0.39 is 11.4 Å². The molecule has 1 N–H and O–H groups in total. The van der Waals surface area contributed by atoms with Gasteiger partial charge in [-0.3, -0.25) is 4.79 Å². The van der Waals surface area contributed by atoms with Crippen molar-refractivity contribution in [2.45, 2.75) is 19.3 Å². The number of hydrogen-bond donors (Lipinski definition) is 1. The first-order valence-electron chi connectivity index (χ1n) is 7.23. The van der Waals surface area contributed by atoms with Crippen LogP contribution in [0.4, 0.5) is 0 Å². The molecule has 2 rings (SSSR count). The molecule has 124 valence electrons. The predicted octanol–water partition coefficient (Wildman–Crippen LogP) is 2.09. The van der Waals surface area contributed by atoms with Gasteiger partial charge in [-0.1, -0.05) is 6.07 Å². The monoisotopic (exact) mass is 320 g/mol. The second-order valence-electron chi connectivity index (χ2n) is 5.65. The van der Waals surface area contributed by atoms with Crippen LogP contribution in [0, 0.1) is 11.3 Å². The Morgan fingerprint density at radius 1 is 1.35 bits per heavy atom. The molecule has 23 heavy (non-hydrogen) atoms. The summed E-state index contributed by atoms with van der Waals surface area (Å²) in [5.74, 6) is 2.04. The van der Waals surface area contributed by atoms with Gasteiger partial charge < -0.3 is 19.3 Å². The van der Waals surface area contributed by atoms with Crippen molar-refractivity contribution in [1.82, 2.24) is 0 Å². The fourth-order valence-corrected chi connectivity index (χ4v) is 2.92. The van der Waals surface area contributed by atoms with Crippen LogP contribution in [-0.4, -0.2) is 38.3 Å². The molecule has 0 saturated heterocycles. The molecule has 1 fully saturated rings. The van der Waals surface area contributed by atoms with Gasteiger partial charge in [0.15, 0.2) is 11.7 Å². The maximum absolute atomic E-state index is 11.7. The first-order valence-corrected chi connectivity index (χ1v) is 7.23. The summed E-state index contributed by atoms with van der Waals surface area (Å²) in [7, 11) is 4.48. The zero-order valence-electron chi connectivity index (χ0n) is 13.4. The fraction of sp³-hybridized carbons (Fsp3) is 0.471. The van der Waals surface area contributed by atoms with Crippen LogP contribution in [0.5, 0.6) is 11.5 Å². The molecular weight excluding hydrogens is 300 g/mol. The van der Waals surface area contributed by atoms with Gasteiger partial charge in [0.25, 0.3) is 0 Å². The SMILES string of the molecule is COC(=C=O)CC1(C(=O)O)CC1Cc1ccc(OC)cc1OC. The summed E-state index contributed by atoms with van der Waals surface area (Å²) in [6, 6.07) is 5.45. The first kappa shape index (κ1) is 16.9. The van der Waals surface area contributed by atoms with Gasteiger partial charge in [0.1, 0.15) is 11.5 Å². The molecule has 6 heteroatoms. The molecule has 2 atom stereocenters. The third-order valence-corrected chi connectivity index (χ3v) is 4.45. The van der Waals surface area contributed by atoms with Crippen molar-refractivity contribution in [2.24, 2.45) is 11.3 Å². The number of carboxylic acid groups (broad SMARTS) is 1. The molecule has 0 aromatic heterocycles. The summed E-state index contributed by atoms with van der Waals surface area (Å²) < 4.78 is 15.4. The van der Waals surface area contributed by atoms with Crippen molar-refractivity contribution >= 4 is 11.9 Å². The Balaban J connectivity index is 2.18. The average Bonchev–Trinajstić information content (AvgIpc) is 3.26. The van der Waals surface area contributed by atoms with Gasteiger partial charge in [0.05, 0.1) is 26.7 Å². The van der Waals surface area contributed by atoms with Crippen LogP contribution in [0.1, 0.15) is 18.4 Å². The number of benzene rings is 1. The van der Waals surface area contributed by atoms with Gasteiger partial charge in [-0.25, -0.2) is 4.79 Å². The van der Waals surface area contributed by atoms with E-state index in [0.717, 1.165) is 5.56 Å². The minimum atomic E-state index is -0.965. The van der Waals surface area contributed by atoms with E-state index in [1.54, 1.807) is 26.2 Å². The number of rotatable bonds is 8. The quantitative estimate of drug-likeness (QED) is 0.583. The normalized spacial score (nSPS) is 22.0. The summed E-state index contributed by atoms with van der Waals surface area (Å²) in [5, 5.41) is 9.55. The molecule has 0 spiro atoms. The Hall–Kier alpha value is -2.46. The second-order valence-corrected chi connectivity index (χ2v) is 5.65. The van der Waals surface area contributed by atoms with Gasteiger partial charge in [0.2, 0.25) is 0 Å². The molecule has 0 amide bonds. The Bertz CT molecular complexity index is 646. The van der Waals surface area contributed by atoms with E-state index in [1.807, 2.05) is 12.1 Å². The number of carbonyl (C=O) groups is 1. The zero-order chi connectivity index (χ0) is 17.0. The summed E-state index contributed by atoms with van der Waals surface area (Å²) in [5.41, 5.74) is -0.0521. The predicted molar refractivity (Wildman–Crippen MR) is 82.3 cm³/mol. The van der Waals surface area contributed by atoms with Gasteiger partial charge in [-0.2, -0.15) is 0 Å². The number of aliphatic carboxylic acids is 1. The Morgan fingerprint density at radius 3 is 2.61 bits per heavy atom. The minimum Gasteiger partial charge on any atom is -0.497 e. The standard InChI is InChI=1S/C17H20O6/c1-21-13-5-4-11(15(7-13)23-3)6-12-8-17(12,16(19)20)9-14(10-18)22-2/h4-5,7,12H,6,8-9H2,1-3H3,(H,19,20). The van der Waals surface area contributed by atoms with Crippen molar-refractivity contribution in [2.75, 3.05) is 21.3 Å². The maximum Gasteiger partial charge on any atom is 0.310 e. The molecule has 2 unspecified atom stereocenters. The van der Waals surface area contributed by atoms with Gasteiger partial charge >= 0.3 is 5.97 Å². The number of allylic oxidation sites excluding steroid dienone is 1. The largest absolute Gasteiger partial charge is 0.497 e. The van der Waals surface area contributed by atoms with Gasteiger partial charge in [0, 0.05) is 12.5 Å². The van der Waals surface area contributed by atoms with Gasteiger partial charge in [-0.05, 0) is 30.4 Å². The highest BCUT2D eigenvalue weighted by Gasteiger charge is 2.60. The van der Waals surface area contributed by atoms with Crippen LogP contribution in [0.3, 0.4) is 0 Å². The van der Waals surface area contributed by atoms with Gasteiger partial charge in [-0.15, -0.1) is 0 Å². The zero-order valence-corrected chi connectivity index (χ0v) is 13.4. The molecule has 0 aliphatic heterocycles. The van der Waals surface area contributed by atoms with E-state index in [0.29, 0.717) is 24.3 Å². The van der Waals surface area contributed by atoms with E-state index in [4.69, 9.17) is 14.2 Å². The highest BCUT2D eigenvalue weighted by atomic mass is 16.5. The van der Waals surface area contributed by atoms with Crippen molar-refractivity contribution < 1.29 is 28.9 Å². The van der Waals surface area contributed by atoms with Crippen molar-refractivity contribution in [3.63, 3.8) is 0 Å². The third-order valence-electron chi connectivity index (χ3n) is 4.45. The smallest absolute Gasteiger partial charge is 0.310 e. The summed E-state index contributed by atoms with van der Waals surface area (Å²) >= 11 is 0. The van der Waals surface area contributed by atoms with E-state index in [2.05, 4.69) is 0 Å². The van der Waals surface area contributed by atoms with Crippen LogP contribution in [0.2, 0.25) is 0 Å². The Morgan fingerprint density at radius 2 is 2.09 bits per heavy atom. The van der Waals surface area contributed by atoms with E-state index >= 15 is 0 Å². The molecule has 1 aliphatic carbocycles. The molecular formula is C17H20O6. The summed E-state index contributed by atoms with van der Waals surface area (Å²) in [6.07, 6.45) is 1.10. The lowest BCUT2D eigenvalue weighted by atomic mass is 9.94.